The lowest BCUT2D eigenvalue weighted by Crippen LogP contribution is -2.48. The van der Waals surface area contributed by atoms with Gasteiger partial charge in [0.2, 0.25) is 10.0 Å². The van der Waals surface area contributed by atoms with Crippen molar-refractivity contribution in [2.75, 3.05) is 33.7 Å². The first-order valence-corrected chi connectivity index (χ1v) is 8.75. The van der Waals surface area contributed by atoms with Gasteiger partial charge in [0.25, 0.3) is 0 Å². The van der Waals surface area contributed by atoms with E-state index in [0.29, 0.717) is 25.1 Å². The van der Waals surface area contributed by atoms with Crippen molar-refractivity contribution in [3.63, 3.8) is 0 Å². The average Bonchev–Trinajstić information content (AvgIpc) is 2.43. The van der Waals surface area contributed by atoms with Crippen molar-refractivity contribution in [2.24, 2.45) is 5.92 Å². The standard InChI is InChI=1S/C15H23FN2O3S/c1-11-4-5-13(8-14(11)16)22(20,21)18-7-6-12(9-17(2)3)15(19)10-18/h4-5,8,12,15,19H,6-7,9-10H2,1-3H3/t12-,15+/m0/s1. The number of aliphatic hydroxyl groups excluding tert-OH is 1. The van der Waals surface area contributed by atoms with E-state index in [2.05, 4.69) is 0 Å². The van der Waals surface area contributed by atoms with E-state index in [0.717, 1.165) is 6.07 Å². The molecule has 0 saturated carbocycles. The minimum atomic E-state index is -3.77. The Morgan fingerprint density at radius 1 is 1.41 bits per heavy atom. The van der Waals surface area contributed by atoms with Gasteiger partial charge in [-0.25, -0.2) is 12.8 Å². The second-order valence-corrected chi connectivity index (χ2v) is 8.09. The van der Waals surface area contributed by atoms with Crippen molar-refractivity contribution in [3.05, 3.63) is 29.6 Å². The molecule has 1 heterocycles. The van der Waals surface area contributed by atoms with Gasteiger partial charge in [-0.1, -0.05) is 6.07 Å². The second kappa shape index (κ2) is 6.62. The number of piperidine rings is 1. The Morgan fingerprint density at radius 2 is 2.09 bits per heavy atom. The van der Waals surface area contributed by atoms with Crippen molar-refractivity contribution in [2.45, 2.75) is 24.3 Å². The molecule has 1 N–H and O–H groups in total. The van der Waals surface area contributed by atoms with Crippen molar-refractivity contribution >= 4 is 10.0 Å². The SMILES string of the molecule is Cc1ccc(S(=O)(=O)N2CC[C@@H](CN(C)C)[C@H](O)C2)cc1F. The van der Waals surface area contributed by atoms with E-state index in [-0.39, 0.29) is 17.4 Å². The van der Waals surface area contributed by atoms with Crippen LogP contribution in [0.2, 0.25) is 0 Å². The predicted octanol–water partition coefficient (Wildman–Crippen LogP) is 1.07. The molecule has 1 fully saturated rings. The molecular formula is C15H23FN2O3S. The summed E-state index contributed by atoms with van der Waals surface area (Å²) in [6.07, 6.45) is -0.117. The molecule has 2 atom stereocenters. The zero-order chi connectivity index (χ0) is 16.5. The van der Waals surface area contributed by atoms with Gasteiger partial charge in [-0.15, -0.1) is 0 Å². The number of halogens is 1. The van der Waals surface area contributed by atoms with E-state index in [9.17, 15) is 17.9 Å². The maximum Gasteiger partial charge on any atom is 0.243 e. The van der Waals surface area contributed by atoms with Crippen LogP contribution in [0.3, 0.4) is 0 Å². The summed E-state index contributed by atoms with van der Waals surface area (Å²) in [6.45, 7) is 2.69. The van der Waals surface area contributed by atoms with Crippen LogP contribution in [0.25, 0.3) is 0 Å². The summed E-state index contributed by atoms with van der Waals surface area (Å²) in [5, 5.41) is 10.2. The van der Waals surface area contributed by atoms with Crippen molar-refractivity contribution in [1.29, 1.82) is 0 Å². The van der Waals surface area contributed by atoms with Gasteiger partial charge in [0, 0.05) is 25.6 Å². The summed E-state index contributed by atoms with van der Waals surface area (Å²) in [5.41, 5.74) is 0.406. The third-order valence-electron chi connectivity index (χ3n) is 4.06. The van der Waals surface area contributed by atoms with Crippen LogP contribution in [0.1, 0.15) is 12.0 Å². The lowest BCUT2D eigenvalue weighted by atomic mass is 9.95. The molecule has 0 radical (unpaired) electrons. The molecular weight excluding hydrogens is 307 g/mol. The largest absolute Gasteiger partial charge is 0.391 e. The number of rotatable bonds is 4. The Kier molecular flexibility index (Phi) is 5.21. The third kappa shape index (κ3) is 3.65. The van der Waals surface area contributed by atoms with Crippen LogP contribution in [0.4, 0.5) is 4.39 Å². The predicted molar refractivity (Wildman–Crippen MR) is 82.6 cm³/mol. The molecule has 22 heavy (non-hydrogen) atoms. The highest BCUT2D eigenvalue weighted by Crippen LogP contribution is 2.25. The summed E-state index contributed by atoms with van der Waals surface area (Å²) in [4.78, 5) is 1.92. The van der Waals surface area contributed by atoms with Gasteiger partial charge in [0.05, 0.1) is 11.0 Å². The summed E-state index contributed by atoms with van der Waals surface area (Å²) < 4.78 is 40.0. The van der Waals surface area contributed by atoms with Crippen LogP contribution >= 0.6 is 0 Å². The van der Waals surface area contributed by atoms with E-state index < -0.39 is 21.9 Å². The van der Waals surface area contributed by atoms with E-state index in [1.165, 1.54) is 16.4 Å². The van der Waals surface area contributed by atoms with Crippen molar-refractivity contribution in [3.8, 4) is 0 Å². The number of sulfonamides is 1. The molecule has 1 aromatic rings. The van der Waals surface area contributed by atoms with Gasteiger partial charge in [0.15, 0.2) is 0 Å². The number of nitrogens with zero attached hydrogens (tertiary/aromatic N) is 2. The number of aliphatic hydroxyl groups is 1. The molecule has 1 aromatic carbocycles. The van der Waals surface area contributed by atoms with Gasteiger partial charge >= 0.3 is 0 Å². The molecule has 5 nitrogen and oxygen atoms in total. The van der Waals surface area contributed by atoms with Crippen LogP contribution in [0, 0.1) is 18.7 Å². The summed E-state index contributed by atoms with van der Waals surface area (Å²) in [5.74, 6) is -0.486. The van der Waals surface area contributed by atoms with Crippen LogP contribution < -0.4 is 0 Å². The minimum Gasteiger partial charge on any atom is -0.391 e. The van der Waals surface area contributed by atoms with E-state index in [1.54, 1.807) is 6.92 Å². The molecule has 7 heteroatoms. The molecule has 0 aromatic heterocycles. The highest BCUT2D eigenvalue weighted by molar-refractivity contribution is 7.89. The van der Waals surface area contributed by atoms with Crippen molar-refractivity contribution < 1.29 is 17.9 Å². The molecule has 1 aliphatic heterocycles. The van der Waals surface area contributed by atoms with E-state index >= 15 is 0 Å². The molecule has 0 spiro atoms. The molecule has 0 bridgehead atoms. The van der Waals surface area contributed by atoms with Gasteiger partial charge in [-0.3, -0.25) is 0 Å². The number of hydrogen-bond donors (Lipinski definition) is 1. The van der Waals surface area contributed by atoms with E-state index in [1.807, 2.05) is 19.0 Å². The first-order chi connectivity index (χ1) is 10.2. The summed E-state index contributed by atoms with van der Waals surface area (Å²) in [6, 6.07) is 3.91. The van der Waals surface area contributed by atoms with Gasteiger partial charge in [-0.2, -0.15) is 4.31 Å². The fourth-order valence-electron chi connectivity index (χ4n) is 2.73. The normalized spacial score (nSPS) is 23.9. The smallest absolute Gasteiger partial charge is 0.243 e. The zero-order valence-corrected chi connectivity index (χ0v) is 14.0. The molecule has 1 aliphatic rings. The quantitative estimate of drug-likeness (QED) is 0.897. The second-order valence-electron chi connectivity index (χ2n) is 6.15. The lowest BCUT2D eigenvalue weighted by Gasteiger charge is -2.36. The highest BCUT2D eigenvalue weighted by atomic mass is 32.2. The summed E-state index contributed by atoms with van der Waals surface area (Å²) in [7, 11) is 0.0767. The van der Waals surface area contributed by atoms with Crippen molar-refractivity contribution in [1.82, 2.24) is 9.21 Å². The molecule has 2 rings (SSSR count). The highest BCUT2D eigenvalue weighted by Gasteiger charge is 2.34. The first kappa shape index (κ1) is 17.3. The van der Waals surface area contributed by atoms with E-state index in [4.69, 9.17) is 0 Å². The molecule has 124 valence electrons. The fraction of sp³-hybridized carbons (Fsp3) is 0.600. The average molecular weight is 330 g/mol. The first-order valence-electron chi connectivity index (χ1n) is 7.31. The Bertz CT molecular complexity index is 634. The lowest BCUT2D eigenvalue weighted by molar-refractivity contribution is 0.0394. The fourth-order valence-corrected chi connectivity index (χ4v) is 4.22. The monoisotopic (exact) mass is 330 g/mol. The minimum absolute atomic E-state index is 0.0519. The Balaban J connectivity index is 2.16. The Morgan fingerprint density at radius 3 is 2.64 bits per heavy atom. The Labute approximate surface area is 131 Å². The van der Waals surface area contributed by atoms with Gasteiger partial charge < -0.3 is 10.0 Å². The number of aryl methyl sites for hydroxylation is 1. The number of benzene rings is 1. The topological polar surface area (TPSA) is 60.9 Å². The van der Waals surface area contributed by atoms with Crippen LogP contribution in [-0.2, 0) is 10.0 Å². The molecule has 1 saturated heterocycles. The van der Waals surface area contributed by atoms with Crippen LogP contribution in [-0.4, -0.2) is 62.6 Å². The van der Waals surface area contributed by atoms with Crippen LogP contribution in [0.5, 0.6) is 0 Å². The molecule has 0 aliphatic carbocycles. The molecule has 0 unspecified atom stereocenters. The van der Waals surface area contributed by atoms with Gasteiger partial charge in [0.1, 0.15) is 5.82 Å². The number of β-amino-alcohol motifs (C(OH)–C–C–N with tert-alkyl or cyclic N) is 1. The zero-order valence-electron chi connectivity index (χ0n) is 13.2. The maximum atomic E-state index is 13.6. The third-order valence-corrected chi connectivity index (χ3v) is 5.93. The van der Waals surface area contributed by atoms with Crippen LogP contribution in [0.15, 0.2) is 23.1 Å². The summed E-state index contributed by atoms with van der Waals surface area (Å²) >= 11 is 0. The maximum absolute atomic E-state index is 13.6. The Hall–Kier alpha value is -1.02. The molecule has 0 amide bonds. The number of hydrogen-bond acceptors (Lipinski definition) is 4. The van der Waals surface area contributed by atoms with Gasteiger partial charge in [-0.05, 0) is 45.1 Å².